The zero-order valence-electron chi connectivity index (χ0n) is 25.2. The van der Waals surface area contributed by atoms with Gasteiger partial charge in [0.2, 0.25) is 0 Å². The Morgan fingerprint density at radius 3 is 1.15 bits per heavy atom. The second-order valence-corrected chi connectivity index (χ2v) is 10.7. The summed E-state index contributed by atoms with van der Waals surface area (Å²) in [5.74, 6) is 0. The Kier molecular flexibility index (Phi) is 8.51. The molecule has 3 aromatic rings. The van der Waals surface area contributed by atoms with E-state index in [2.05, 4.69) is 0 Å². The largest absolute Gasteiger partial charge is 0.417 e. The number of fused-ring (bicyclic) bond motifs is 2. The van der Waals surface area contributed by atoms with Crippen LogP contribution in [0.2, 0.25) is 0 Å². The van der Waals surface area contributed by atoms with Crippen molar-refractivity contribution in [2.45, 2.75) is 18.5 Å². The molecular formula is C36H8F9N7. The predicted octanol–water partition coefficient (Wildman–Crippen LogP) is 9.11. The Labute approximate surface area is 286 Å². The van der Waals surface area contributed by atoms with Crippen LogP contribution in [-0.2, 0) is 18.5 Å². The van der Waals surface area contributed by atoms with Gasteiger partial charge in [0, 0.05) is 33.4 Å². The normalized spacial score (nSPS) is 13.5. The molecule has 0 bridgehead atoms. The standard InChI is InChI=1S/C36H8F9N7/c37-34(38,39)27-3-1-16(5-18(27)9-46)30-25(14-51)21-7-24-22(8-23(21)32(30)19(10-47)11-48)26(15-52)31(33(24)20(12-49)13-50)17-2-4-28(35(40,41)42)29(6-17)36(43,44)45/h1-8H. The summed E-state index contributed by atoms with van der Waals surface area (Å²) in [6.07, 6.45) is -16.0. The highest BCUT2D eigenvalue weighted by Gasteiger charge is 2.44. The van der Waals surface area contributed by atoms with E-state index in [1.807, 2.05) is 6.07 Å². The van der Waals surface area contributed by atoms with E-state index in [1.54, 1.807) is 30.3 Å². The summed E-state index contributed by atoms with van der Waals surface area (Å²) in [6, 6.07) is 16.5. The zero-order valence-corrected chi connectivity index (χ0v) is 25.2. The molecule has 5 rings (SSSR count). The van der Waals surface area contributed by atoms with Crippen molar-refractivity contribution >= 4 is 33.4 Å². The number of allylic oxidation sites excluding steroid dienone is 8. The number of nitrogens with zero attached hydrogens (tertiary/aromatic N) is 7. The Bertz CT molecular complexity index is 2570. The SMILES string of the molecule is N#CC(C#N)=C1C(c2ccc(C(F)(F)F)c(C#N)c2)=C(C#N)c2cc3c(cc21)C(C#N)=C(c1ccc(C(F)(F)F)c(C(F)(F)F)c1)C3=C(C#N)C#N. The van der Waals surface area contributed by atoms with Crippen LogP contribution in [0.15, 0.2) is 59.7 Å². The van der Waals surface area contributed by atoms with Crippen LogP contribution < -0.4 is 0 Å². The van der Waals surface area contributed by atoms with Crippen molar-refractivity contribution in [3.05, 3.63) is 115 Å². The highest BCUT2D eigenvalue weighted by molar-refractivity contribution is 6.29. The van der Waals surface area contributed by atoms with E-state index < -0.39 is 79.8 Å². The lowest BCUT2D eigenvalue weighted by Gasteiger charge is -2.17. The molecule has 0 amide bonds. The molecule has 52 heavy (non-hydrogen) atoms. The van der Waals surface area contributed by atoms with E-state index in [0.717, 1.165) is 24.3 Å². The van der Waals surface area contributed by atoms with Gasteiger partial charge in [0.15, 0.2) is 0 Å². The van der Waals surface area contributed by atoms with E-state index in [1.165, 1.54) is 6.07 Å². The molecule has 7 nitrogen and oxygen atoms in total. The number of nitriles is 7. The lowest BCUT2D eigenvalue weighted by molar-refractivity contribution is -0.162. The molecule has 0 spiro atoms. The van der Waals surface area contributed by atoms with E-state index >= 15 is 0 Å². The third-order valence-corrected chi connectivity index (χ3v) is 8.06. The molecule has 0 N–H and O–H groups in total. The molecule has 16 heteroatoms. The molecule has 0 unspecified atom stereocenters. The minimum Gasteiger partial charge on any atom is -0.192 e. The molecule has 0 saturated heterocycles. The van der Waals surface area contributed by atoms with Crippen LogP contribution in [0.3, 0.4) is 0 Å². The second kappa shape index (κ2) is 12.4. The molecule has 2 aliphatic carbocycles. The summed E-state index contributed by atoms with van der Waals surface area (Å²) in [5, 5.41) is 69.5. The van der Waals surface area contributed by atoms with Gasteiger partial charge in [-0.25, -0.2) is 0 Å². The van der Waals surface area contributed by atoms with Crippen LogP contribution >= 0.6 is 0 Å². The van der Waals surface area contributed by atoms with Gasteiger partial charge >= 0.3 is 18.5 Å². The van der Waals surface area contributed by atoms with Gasteiger partial charge in [0.25, 0.3) is 0 Å². The number of hydrogen-bond acceptors (Lipinski definition) is 7. The number of rotatable bonds is 2. The number of hydrogen-bond donors (Lipinski definition) is 0. The third-order valence-electron chi connectivity index (χ3n) is 8.06. The topological polar surface area (TPSA) is 167 Å². The van der Waals surface area contributed by atoms with Crippen molar-refractivity contribution in [3.8, 4) is 42.5 Å². The fraction of sp³-hybridized carbons (Fsp3) is 0.0833. The Morgan fingerprint density at radius 1 is 0.423 bits per heavy atom. The van der Waals surface area contributed by atoms with Crippen molar-refractivity contribution in [1.29, 1.82) is 36.8 Å². The second-order valence-electron chi connectivity index (χ2n) is 10.7. The highest BCUT2D eigenvalue weighted by Crippen LogP contribution is 2.55. The molecule has 0 saturated carbocycles. The van der Waals surface area contributed by atoms with Crippen molar-refractivity contribution in [2.75, 3.05) is 0 Å². The van der Waals surface area contributed by atoms with Crippen LogP contribution in [0.1, 0.15) is 55.6 Å². The molecule has 3 aromatic carbocycles. The van der Waals surface area contributed by atoms with Gasteiger partial charge in [-0.15, -0.1) is 0 Å². The summed E-state index contributed by atoms with van der Waals surface area (Å²) in [7, 11) is 0. The van der Waals surface area contributed by atoms with E-state index in [4.69, 9.17) is 0 Å². The summed E-state index contributed by atoms with van der Waals surface area (Å²) < 4.78 is 123. The Balaban J connectivity index is 1.91. The average Bonchev–Trinajstić information content (AvgIpc) is 3.58. The number of benzene rings is 3. The van der Waals surface area contributed by atoms with Gasteiger partial charge < -0.3 is 0 Å². The van der Waals surface area contributed by atoms with Gasteiger partial charge in [-0.1, -0.05) is 12.1 Å². The zero-order chi connectivity index (χ0) is 38.5. The molecule has 0 atom stereocenters. The van der Waals surface area contributed by atoms with Gasteiger partial charge in [-0.2, -0.15) is 76.3 Å². The van der Waals surface area contributed by atoms with Crippen LogP contribution in [0, 0.1) is 79.3 Å². The molecule has 0 radical (unpaired) electrons. The van der Waals surface area contributed by atoms with Crippen molar-refractivity contribution in [2.24, 2.45) is 0 Å². The maximum Gasteiger partial charge on any atom is 0.417 e. The Morgan fingerprint density at radius 2 is 0.808 bits per heavy atom. The average molecular weight is 709 g/mol. The predicted molar refractivity (Wildman–Crippen MR) is 160 cm³/mol. The third kappa shape index (κ3) is 5.56. The first-order valence-electron chi connectivity index (χ1n) is 13.9. The molecule has 0 heterocycles. The van der Waals surface area contributed by atoms with E-state index in [9.17, 15) is 76.3 Å². The summed E-state index contributed by atoms with van der Waals surface area (Å²) in [6.45, 7) is 0. The summed E-state index contributed by atoms with van der Waals surface area (Å²) in [4.78, 5) is 0. The molecular weight excluding hydrogens is 701 g/mol. The maximum absolute atomic E-state index is 13.9. The first-order chi connectivity index (χ1) is 24.4. The summed E-state index contributed by atoms with van der Waals surface area (Å²) in [5.41, 5.74) is -12.2. The molecule has 250 valence electrons. The monoisotopic (exact) mass is 709 g/mol. The Hall–Kier alpha value is -7.58. The van der Waals surface area contributed by atoms with Crippen LogP contribution in [0.4, 0.5) is 39.5 Å². The summed E-state index contributed by atoms with van der Waals surface area (Å²) >= 11 is 0. The minimum absolute atomic E-state index is 0.104. The lowest BCUT2D eigenvalue weighted by atomic mass is 9.89. The molecule has 0 aromatic heterocycles. The maximum atomic E-state index is 13.9. The fourth-order valence-electron chi connectivity index (χ4n) is 6.04. The van der Waals surface area contributed by atoms with Gasteiger partial charge in [-0.05, 0) is 58.7 Å². The van der Waals surface area contributed by atoms with Gasteiger partial charge in [-0.3, -0.25) is 0 Å². The first-order valence-corrected chi connectivity index (χ1v) is 13.9. The van der Waals surface area contributed by atoms with Crippen LogP contribution in [0.25, 0.3) is 33.4 Å². The van der Waals surface area contributed by atoms with Gasteiger partial charge in [0.05, 0.1) is 39.5 Å². The lowest BCUT2D eigenvalue weighted by Crippen LogP contribution is -2.16. The van der Waals surface area contributed by atoms with Crippen molar-refractivity contribution < 1.29 is 39.5 Å². The first kappa shape index (κ1) is 35.7. The molecule has 0 aliphatic heterocycles. The fourth-order valence-corrected chi connectivity index (χ4v) is 6.04. The van der Waals surface area contributed by atoms with E-state index in [0.29, 0.717) is 12.1 Å². The minimum atomic E-state index is -5.56. The van der Waals surface area contributed by atoms with Crippen LogP contribution in [0.5, 0.6) is 0 Å². The van der Waals surface area contributed by atoms with Crippen molar-refractivity contribution in [1.82, 2.24) is 0 Å². The van der Waals surface area contributed by atoms with Crippen LogP contribution in [-0.4, -0.2) is 0 Å². The number of halogens is 9. The quantitative estimate of drug-likeness (QED) is 0.189. The molecule has 0 fully saturated rings. The molecule has 2 aliphatic rings. The van der Waals surface area contributed by atoms with Gasteiger partial charge in [0.1, 0.15) is 47.6 Å². The number of alkyl halides is 9. The smallest absolute Gasteiger partial charge is 0.192 e. The van der Waals surface area contributed by atoms with E-state index in [-0.39, 0.29) is 51.1 Å². The highest BCUT2D eigenvalue weighted by atomic mass is 19.4. The van der Waals surface area contributed by atoms with Crippen molar-refractivity contribution in [3.63, 3.8) is 0 Å².